The van der Waals surface area contributed by atoms with Gasteiger partial charge in [-0.3, -0.25) is 24.6 Å². The summed E-state index contributed by atoms with van der Waals surface area (Å²) in [4.78, 5) is 28.0. The van der Waals surface area contributed by atoms with Gasteiger partial charge in [0, 0.05) is 6.20 Å². The Kier molecular flexibility index (Phi) is 9.19. The number of hydrogen-bond donors (Lipinski definition) is 5. The van der Waals surface area contributed by atoms with Crippen molar-refractivity contribution in [1.29, 1.82) is 0 Å². The number of ether oxygens (including phenoxy) is 2. The molecule has 6 atom stereocenters. The predicted molar refractivity (Wildman–Crippen MR) is 124 cm³/mol. The van der Waals surface area contributed by atoms with Gasteiger partial charge >= 0.3 is 19.4 Å². The number of para-hydroxylation sites is 1. The molecule has 2 aromatic rings. The molecule has 1 fully saturated rings. The van der Waals surface area contributed by atoms with Gasteiger partial charge in [-0.05, 0) is 39.0 Å². The predicted octanol–water partition coefficient (Wildman–Crippen LogP) is 0.797. The number of nitrogens with one attached hydrogen (secondary N) is 2. The lowest BCUT2D eigenvalue weighted by Crippen LogP contribution is -2.38. The van der Waals surface area contributed by atoms with Crippen molar-refractivity contribution in [2.24, 2.45) is 0 Å². The second-order valence-corrected chi connectivity index (χ2v) is 9.89. The van der Waals surface area contributed by atoms with Crippen molar-refractivity contribution in [3.8, 4) is 5.75 Å². The van der Waals surface area contributed by atoms with E-state index in [-0.39, 0.29) is 11.6 Å². The molecule has 1 saturated heterocycles. The van der Waals surface area contributed by atoms with Crippen LogP contribution in [0.1, 0.15) is 27.0 Å². The molecule has 0 radical (unpaired) electrons. The van der Waals surface area contributed by atoms with Crippen LogP contribution in [0.25, 0.3) is 0 Å². The average Bonchev–Trinajstić information content (AvgIpc) is 3.11. The van der Waals surface area contributed by atoms with E-state index >= 15 is 0 Å². The van der Waals surface area contributed by atoms with Gasteiger partial charge in [-0.25, -0.2) is 9.36 Å². The van der Waals surface area contributed by atoms with Gasteiger partial charge in [-0.1, -0.05) is 18.2 Å². The van der Waals surface area contributed by atoms with Crippen LogP contribution < -0.4 is 20.8 Å². The topological polar surface area (TPSA) is 191 Å². The Balaban J connectivity index is 1.75. The number of nitrogens with zero attached hydrogens (tertiary/aromatic N) is 2. The first-order valence-corrected chi connectivity index (χ1v) is 12.6. The van der Waals surface area contributed by atoms with Gasteiger partial charge in [0.15, 0.2) is 12.0 Å². The van der Waals surface area contributed by atoms with Crippen molar-refractivity contribution in [3.63, 3.8) is 0 Å². The molecule has 1 aromatic carbocycles. The molecule has 1 unspecified atom stereocenters. The van der Waals surface area contributed by atoms with Crippen LogP contribution in [0, 0.1) is 0 Å². The molecule has 0 saturated carbocycles. The highest BCUT2D eigenvalue weighted by Gasteiger charge is 2.46. The number of benzene rings is 1. The fourth-order valence-electron chi connectivity index (χ4n) is 3.27. The Morgan fingerprint density at radius 2 is 1.89 bits per heavy atom. The summed E-state index contributed by atoms with van der Waals surface area (Å²) in [6.07, 6.45) is -4.88. The smallest absolute Gasteiger partial charge is 0.459 e. The summed E-state index contributed by atoms with van der Waals surface area (Å²) >= 11 is 0. The van der Waals surface area contributed by atoms with E-state index in [0.29, 0.717) is 0 Å². The first kappa shape index (κ1) is 27.7. The zero-order valence-corrected chi connectivity index (χ0v) is 20.6. The maximum Gasteiger partial charge on any atom is 0.459 e. The van der Waals surface area contributed by atoms with Gasteiger partial charge in [0.1, 0.15) is 30.1 Å². The summed E-state index contributed by atoms with van der Waals surface area (Å²) in [5.41, 5.74) is 0.852. The summed E-state index contributed by atoms with van der Waals surface area (Å²) in [6, 6.07) is 8.22. The Labute approximate surface area is 206 Å². The second-order valence-electron chi connectivity index (χ2n) is 8.19. The number of rotatable bonds is 11. The highest BCUT2D eigenvalue weighted by Crippen LogP contribution is 2.46. The zero-order valence-electron chi connectivity index (χ0n) is 19.8. The summed E-state index contributed by atoms with van der Waals surface area (Å²) in [5.74, 6) is -0.635. The fourth-order valence-corrected chi connectivity index (χ4v) is 4.77. The number of esters is 1. The zero-order chi connectivity index (χ0) is 26.5. The molecular weight excluding hydrogens is 499 g/mol. The van der Waals surface area contributed by atoms with Crippen LogP contribution in [-0.4, -0.2) is 68.0 Å². The molecule has 0 aliphatic carbocycles. The van der Waals surface area contributed by atoms with Gasteiger partial charge in [-0.2, -0.15) is 10.1 Å². The summed E-state index contributed by atoms with van der Waals surface area (Å²) in [7, 11) is -4.25. The maximum absolute atomic E-state index is 13.5. The van der Waals surface area contributed by atoms with Crippen LogP contribution in [0.3, 0.4) is 0 Å². The van der Waals surface area contributed by atoms with Crippen LogP contribution >= 0.6 is 7.75 Å². The Morgan fingerprint density at radius 1 is 1.19 bits per heavy atom. The van der Waals surface area contributed by atoms with Crippen molar-refractivity contribution in [1.82, 2.24) is 14.6 Å². The van der Waals surface area contributed by atoms with Gasteiger partial charge in [0.25, 0.3) is 0 Å². The molecule has 2 heterocycles. The van der Waals surface area contributed by atoms with E-state index in [2.05, 4.69) is 10.1 Å². The molecule has 0 spiro atoms. The SMILES string of the molecule is CC(C)OC(=O)[C@H](C)NP(=O)(OC[C@H]1O[C@@H](n2ccc(NO)nc2=O)[C@@H](O)[C@H]1O)Oc1ccccc1. The lowest BCUT2D eigenvalue weighted by Gasteiger charge is -2.25. The Morgan fingerprint density at radius 3 is 2.50 bits per heavy atom. The quantitative estimate of drug-likeness (QED) is 0.156. The monoisotopic (exact) mass is 528 g/mol. The van der Waals surface area contributed by atoms with Crippen molar-refractivity contribution in [2.45, 2.75) is 57.5 Å². The van der Waals surface area contributed by atoms with E-state index < -0.39 is 62.7 Å². The van der Waals surface area contributed by atoms with E-state index in [1.165, 1.54) is 31.3 Å². The summed E-state index contributed by atoms with van der Waals surface area (Å²) in [6.45, 7) is 4.20. The van der Waals surface area contributed by atoms with Gasteiger partial charge in [0.05, 0.1) is 12.7 Å². The molecular formula is C21H29N4O10P. The van der Waals surface area contributed by atoms with Crippen LogP contribution in [0.4, 0.5) is 5.82 Å². The first-order chi connectivity index (χ1) is 17.0. The second kappa shape index (κ2) is 11.9. The molecule has 1 aliphatic rings. The normalized spacial score (nSPS) is 24.2. The maximum atomic E-state index is 13.5. The highest BCUT2D eigenvalue weighted by molar-refractivity contribution is 7.52. The summed E-state index contributed by atoms with van der Waals surface area (Å²) in [5, 5.41) is 32.3. The van der Waals surface area contributed by atoms with Crippen LogP contribution in [0.5, 0.6) is 5.75 Å². The number of anilines is 1. The van der Waals surface area contributed by atoms with Crippen LogP contribution in [-0.2, 0) is 23.4 Å². The molecule has 3 rings (SSSR count). The molecule has 5 N–H and O–H groups in total. The molecule has 15 heteroatoms. The van der Waals surface area contributed by atoms with E-state index in [4.69, 9.17) is 23.7 Å². The molecule has 1 aromatic heterocycles. The van der Waals surface area contributed by atoms with Crippen molar-refractivity contribution in [3.05, 3.63) is 53.1 Å². The molecule has 198 valence electrons. The minimum atomic E-state index is -4.25. The van der Waals surface area contributed by atoms with Gasteiger partial charge in [0.2, 0.25) is 0 Å². The average molecular weight is 528 g/mol. The largest absolute Gasteiger partial charge is 0.462 e. The van der Waals surface area contributed by atoms with E-state index in [1.807, 2.05) is 0 Å². The lowest BCUT2D eigenvalue weighted by atomic mass is 10.1. The minimum Gasteiger partial charge on any atom is -0.462 e. The van der Waals surface area contributed by atoms with E-state index in [1.54, 1.807) is 37.5 Å². The number of aliphatic hydroxyl groups is 2. The number of carbonyl (C=O) groups excluding carboxylic acids is 1. The van der Waals surface area contributed by atoms with E-state index in [0.717, 1.165) is 4.57 Å². The highest BCUT2D eigenvalue weighted by atomic mass is 31.2. The van der Waals surface area contributed by atoms with Crippen LogP contribution in [0.2, 0.25) is 0 Å². The molecule has 0 amide bonds. The third-order valence-electron chi connectivity index (χ3n) is 4.99. The summed E-state index contributed by atoms with van der Waals surface area (Å²) < 4.78 is 36.2. The number of carbonyl (C=O) groups is 1. The lowest BCUT2D eigenvalue weighted by molar-refractivity contribution is -0.149. The number of aromatic nitrogens is 2. The molecule has 0 bridgehead atoms. The third kappa shape index (κ3) is 6.89. The molecule has 1 aliphatic heterocycles. The Bertz CT molecular complexity index is 1130. The molecule has 14 nitrogen and oxygen atoms in total. The third-order valence-corrected chi connectivity index (χ3v) is 6.63. The minimum absolute atomic E-state index is 0.126. The van der Waals surface area contributed by atoms with E-state index in [9.17, 15) is 24.4 Å². The fraction of sp³-hybridized carbons (Fsp3) is 0.476. The Hall–Kier alpha value is -2.84. The van der Waals surface area contributed by atoms with Gasteiger partial charge < -0.3 is 24.2 Å². The number of aliphatic hydroxyl groups excluding tert-OH is 2. The van der Waals surface area contributed by atoms with Gasteiger partial charge in [-0.15, -0.1) is 0 Å². The first-order valence-electron chi connectivity index (χ1n) is 11.0. The van der Waals surface area contributed by atoms with Crippen LogP contribution in [0.15, 0.2) is 47.4 Å². The standard InChI is InChI=1S/C21H29N4O10P/c1-12(2)33-20(28)13(3)24-36(31,35-14-7-5-4-6-8-14)32-11-15-17(26)18(27)19(34-15)25-10-9-16(23-30)22-21(25)29/h4-10,12-13,15,17-19,26-27,30H,11H2,1-3H3,(H,24,31)(H,22,23,29)/t13-,15+,17-,18-,19+,36?/m0/s1. The van der Waals surface area contributed by atoms with Crippen molar-refractivity contribution < 1.29 is 43.3 Å². The molecule has 36 heavy (non-hydrogen) atoms. The number of hydrogen-bond acceptors (Lipinski definition) is 12. The van der Waals surface area contributed by atoms with Crippen molar-refractivity contribution in [2.75, 3.05) is 12.1 Å². The van der Waals surface area contributed by atoms with Crippen molar-refractivity contribution >= 4 is 19.5 Å².